The van der Waals surface area contributed by atoms with Gasteiger partial charge in [-0.1, -0.05) is 62.4 Å². The Labute approximate surface area is 264 Å². The highest BCUT2D eigenvalue weighted by molar-refractivity contribution is 6.12. The highest BCUT2D eigenvalue weighted by Crippen LogP contribution is 2.42. The van der Waals surface area contributed by atoms with E-state index in [1.165, 1.54) is 12.1 Å². The molecular weight excluding hydrogens is 571 g/mol. The average molecular weight is 613 g/mol. The van der Waals surface area contributed by atoms with Crippen molar-refractivity contribution >= 4 is 23.3 Å². The molecule has 0 saturated carbocycles. The fraction of sp³-hybridized carbons (Fsp3) is 0.324. The molecule has 7 nitrogen and oxygen atoms in total. The molecule has 1 atom stereocenters. The third kappa shape index (κ3) is 8.76. The van der Waals surface area contributed by atoms with Crippen LogP contribution in [-0.2, 0) is 20.9 Å². The first-order valence-electron chi connectivity index (χ1n) is 15.2. The van der Waals surface area contributed by atoms with E-state index in [-0.39, 0.29) is 43.4 Å². The predicted octanol–water partition coefficient (Wildman–Crippen LogP) is 7.78. The molecule has 0 aliphatic rings. The number of ether oxygens (including phenoxy) is 1. The minimum Gasteiger partial charge on any atom is -0.460 e. The molecule has 0 unspecified atom stereocenters. The molecule has 0 saturated heterocycles. The minimum atomic E-state index is -1.18. The van der Waals surface area contributed by atoms with Crippen LogP contribution in [0.5, 0.6) is 0 Å². The van der Waals surface area contributed by atoms with E-state index < -0.39 is 23.5 Å². The number of aliphatic hydroxyl groups is 1. The van der Waals surface area contributed by atoms with Gasteiger partial charge in [0, 0.05) is 36.3 Å². The number of anilines is 1. The Bertz CT molecular complexity index is 1620. The molecule has 0 fully saturated rings. The second-order valence-electron chi connectivity index (χ2n) is 12.4. The number of aliphatic hydroxyl groups excluding tert-OH is 1. The molecule has 2 N–H and O–H groups in total. The molecule has 8 heteroatoms. The second kappa shape index (κ2) is 14.5. The topological polar surface area (TPSA) is 97.6 Å². The van der Waals surface area contributed by atoms with Crippen molar-refractivity contribution in [1.82, 2.24) is 4.57 Å². The predicted molar refractivity (Wildman–Crippen MR) is 174 cm³/mol. The first kappa shape index (κ1) is 33.3. The van der Waals surface area contributed by atoms with Gasteiger partial charge < -0.3 is 19.7 Å². The fourth-order valence-electron chi connectivity index (χ4n) is 5.46. The smallest absolute Gasteiger partial charge is 0.308 e. The number of nitrogens with zero attached hydrogens (tertiary/aromatic N) is 1. The number of rotatable bonds is 12. The van der Waals surface area contributed by atoms with Crippen molar-refractivity contribution in [2.24, 2.45) is 0 Å². The molecular formula is C37H41FN2O5. The van der Waals surface area contributed by atoms with Crippen LogP contribution in [0.2, 0.25) is 0 Å². The minimum absolute atomic E-state index is 0.0436. The Morgan fingerprint density at radius 3 is 2.04 bits per heavy atom. The number of para-hydroxylation sites is 1. The normalized spacial score (nSPS) is 12.2. The maximum atomic E-state index is 14.1. The van der Waals surface area contributed by atoms with E-state index in [9.17, 15) is 23.9 Å². The summed E-state index contributed by atoms with van der Waals surface area (Å²) in [6, 6.07) is 24.8. The van der Waals surface area contributed by atoms with Crippen LogP contribution in [0.4, 0.5) is 10.1 Å². The van der Waals surface area contributed by atoms with Gasteiger partial charge in [-0.2, -0.15) is 0 Å². The van der Waals surface area contributed by atoms with E-state index in [4.69, 9.17) is 4.74 Å². The van der Waals surface area contributed by atoms with Crippen LogP contribution in [0.15, 0.2) is 84.9 Å². The van der Waals surface area contributed by atoms with Gasteiger partial charge in [0.25, 0.3) is 5.91 Å². The van der Waals surface area contributed by atoms with E-state index >= 15 is 0 Å². The standard InChI is InChI=1S/C37H41FN2O5/c1-24(2)34-33(36(44)39-28-14-10-7-11-15-28)32(25-12-8-6-9-13-25)35(26-16-18-27(38)19-17-26)40(34)21-20-29(41)22-30(42)23-31(43)45-37(3,4)5/h6-19,24,30,42H,20-23H2,1-5H3,(H,39,44)/t30-/m1/s1. The monoisotopic (exact) mass is 612 g/mol. The summed E-state index contributed by atoms with van der Waals surface area (Å²) < 4.78 is 21.3. The van der Waals surface area contributed by atoms with Crippen molar-refractivity contribution in [3.8, 4) is 22.4 Å². The highest BCUT2D eigenvalue weighted by Gasteiger charge is 2.31. The number of halogens is 1. The summed E-state index contributed by atoms with van der Waals surface area (Å²) in [5.74, 6) is -1.64. The molecule has 0 radical (unpaired) electrons. The largest absolute Gasteiger partial charge is 0.460 e. The number of benzene rings is 3. The lowest BCUT2D eigenvalue weighted by Gasteiger charge is -2.20. The summed E-state index contributed by atoms with van der Waals surface area (Å²) in [6.45, 7) is 9.39. The third-order valence-electron chi connectivity index (χ3n) is 7.19. The van der Waals surface area contributed by atoms with E-state index in [0.29, 0.717) is 28.1 Å². The molecule has 1 heterocycles. The van der Waals surface area contributed by atoms with Crippen LogP contribution in [0, 0.1) is 5.82 Å². The Balaban J connectivity index is 1.78. The molecule has 4 aromatic rings. The molecule has 0 spiro atoms. The molecule has 3 aromatic carbocycles. The summed E-state index contributed by atoms with van der Waals surface area (Å²) in [4.78, 5) is 39.5. The average Bonchev–Trinajstić information content (AvgIpc) is 3.32. The second-order valence-corrected chi connectivity index (χ2v) is 12.4. The zero-order valence-electron chi connectivity index (χ0n) is 26.5. The zero-order valence-corrected chi connectivity index (χ0v) is 26.5. The first-order valence-corrected chi connectivity index (χ1v) is 15.2. The number of ketones is 1. The summed E-state index contributed by atoms with van der Waals surface area (Å²) >= 11 is 0. The lowest BCUT2D eigenvalue weighted by molar-refractivity contribution is -0.157. The number of hydrogen-bond acceptors (Lipinski definition) is 5. The van der Waals surface area contributed by atoms with Gasteiger partial charge >= 0.3 is 5.97 Å². The maximum Gasteiger partial charge on any atom is 0.308 e. The number of Topliss-reactive ketones (excluding diaryl/α,β-unsaturated/α-hetero) is 1. The van der Waals surface area contributed by atoms with Crippen LogP contribution < -0.4 is 5.32 Å². The molecule has 236 valence electrons. The number of aromatic nitrogens is 1. The molecule has 0 aliphatic heterocycles. The van der Waals surface area contributed by atoms with E-state index in [1.54, 1.807) is 32.9 Å². The molecule has 0 bridgehead atoms. The SMILES string of the molecule is CC(C)c1c(C(=O)Nc2ccccc2)c(-c2ccccc2)c(-c2ccc(F)cc2)n1CCC(=O)C[C@@H](O)CC(=O)OC(C)(C)C. The van der Waals surface area contributed by atoms with Crippen LogP contribution >= 0.6 is 0 Å². The van der Waals surface area contributed by atoms with Crippen molar-refractivity contribution in [2.75, 3.05) is 5.32 Å². The van der Waals surface area contributed by atoms with Crippen molar-refractivity contribution in [3.63, 3.8) is 0 Å². The number of esters is 1. The third-order valence-corrected chi connectivity index (χ3v) is 7.19. The number of carbonyl (C=O) groups is 3. The van der Waals surface area contributed by atoms with Crippen LogP contribution in [0.25, 0.3) is 22.4 Å². The Hall–Kier alpha value is -4.56. The summed E-state index contributed by atoms with van der Waals surface area (Å²) in [7, 11) is 0. The molecule has 45 heavy (non-hydrogen) atoms. The van der Waals surface area contributed by atoms with Crippen molar-refractivity contribution in [1.29, 1.82) is 0 Å². The van der Waals surface area contributed by atoms with Gasteiger partial charge in [0.05, 0.1) is 23.8 Å². The van der Waals surface area contributed by atoms with Gasteiger partial charge in [0.15, 0.2) is 0 Å². The molecule has 1 amide bonds. The van der Waals surface area contributed by atoms with E-state index in [2.05, 4.69) is 5.32 Å². The lowest BCUT2D eigenvalue weighted by atomic mass is 9.94. The van der Waals surface area contributed by atoms with Crippen molar-refractivity contribution < 1.29 is 28.6 Å². The van der Waals surface area contributed by atoms with Crippen molar-refractivity contribution in [3.05, 3.63) is 102 Å². The van der Waals surface area contributed by atoms with Crippen LogP contribution in [-0.4, -0.2) is 39.0 Å². The Kier molecular flexibility index (Phi) is 10.7. The highest BCUT2D eigenvalue weighted by atomic mass is 19.1. The van der Waals surface area contributed by atoms with Crippen LogP contribution in [0.1, 0.15) is 75.9 Å². The maximum absolute atomic E-state index is 14.1. The number of hydrogen-bond donors (Lipinski definition) is 2. The Morgan fingerprint density at radius 2 is 1.47 bits per heavy atom. The molecule has 0 aliphatic carbocycles. The molecule has 1 aromatic heterocycles. The summed E-state index contributed by atoms with van der Waals surface area (Å²) in [5, 5.41) is 13.5. The quantitative estimate of drug-likeness (QED) is 0.159. The Morgan fingerprint density at radius 1 is 0.867 bits per heavy atom. The van der Waals surface area contributed by atoms with Gasteiger partial charge in [0.1, 0.15) is 17.2 Å². The zero-order chi connectivity index (χ0) is 32.7. The van der Waals surface area contributed by atoms with E-state index in [0.717, 1.165) is 11.3 Å². The number of nitrogens with one attached hydrogen (secondary N) is 1. The van der Waals surface area contributed by atoms with Gasteiger partial charge in [0.2, 0.25) is 0 Å². The molecule has 4 rings (SSSR count). The van der Waals surface area contributed by atoms with Crippen LogP contribution in [0.3, 0.4) is 0 Å². The van der Waals surface area contributed by atoms with Gasteiger partial charge in [-0.25, -0.2) is 4.39 Å². The lowest BCUT2D eigenvalue weighted by Crippen LogP contribution is -2.27. The first-order chi connectivity index (χ1) is 21.3. The number of carbonyl (C=O) groups excluding carboxylic acids is 3. The number of amides is 1. The summed E-state index contributed by atoms with van der Waals surface area (Å²) in [5.41, 5.74) is 3.99. The summed E-state index contributed by atoms with van der Waals surface area (Å²) in [6.07, 6.45) is -1.63. The van der Waals surface area contributed by atoms with E-state index in [1.807, 2.05) is 79.1 Å². The van der Waals surface area contributed by atoms with Gasteiger partial charge in [-0.3, -0.25) is 14.4 Å². The van der Waals surface area contributed by atoms with Gasteiger partial charge in [-0.15, -0.1) is 0 Å². The fourth-order valence-corrected chi connectivity index (χ4v) is 5.46. The van der Waals surface area contributed by atoms with Gasteiger partial charge in [-0.05, 0) is 74.2 Å². The van der Waals surface area contributed by atoms with Crippen molar-refractivity contribution in [2.45, 2.75) is 78.0 Å².